The third-order valence-corrected chi connectivity index (χ3v) is 5.60. The number of aryl methyl sites for hydroxylation is 3. The minimum absolute atomic E-state index is 0.349. The van der Waals surface area contributed by atoms with Gasteiger partial charge < -0.3 is 9.84 Å². The van der Waals surface area contributed by atoms with E-state index in [-0.39, 0.29) is 0 Å². The molecule has 0 atom stereocenters. The van der Waals surface area contributed by atoms with Crippen LogP contribution in [-0.4, -0.2) is 20.3 Å². The molecule has 8 heteroatoms. The molecule has 3 aromatic heterocycles. The predicted octanol–water partition coefficient (Wildman–Crippen LogP) is 4.91. The molecule has 0 fully saturated rings. The van der Waals surface area contributed by atoms with Crippen molar-refractivity contribution in [3.63, 3.8) is 0 Å². The fraction of sp³-hybridized carbons (Fsp3) is 0.200. The molecule has 8 nitrogen and oxygen atoms in total. The standard InChI is InChI=1S/C25H24N6O2/c1-15-4-7-18(8-5-15)13-21-23(28-25-24(27-21)30-33-31-25)29-26-14-20-10-11-22(32-20)19-9-6-16(2)17(3)12-19/h4-12,26H,13-14H2,1-3H3,(H,28,29,31). The van der Waals surface area contributed by atoms with Gasteiger partial charge in [0.25, 0.3) is 0 Å². The highest BCUT2D eigenvalue weighted by atomic mass is 16.6. The quantitative estimate of drug-likeness (QED) is 0.344. The molecule has 0 aliphatic carbocycles. The normalized spacial score (nSPS) is 11.2. The molecule has 0 unspecified atom stereocenters. The average molecular weight is 441 g/mol. The van der Waals surface area contributed by atoms with Gasteiger partial charge in [-0.25, -0.2) is 20.0 Å². The molecule has 2 aromatic carbocycles. The van der Waals surface area contributed by atoms with E-state index in [2.05, 4.69) is 94.4 Å². The number of nitrogens with one attached hydrogen (secondary N) is 2. The largest absolute Gasteiger partial charge is 0.460 e. The van der Waals surface area contributed by atoms with E-state index in [1.807, 2.05) is 12.1 Å². The number of hydrogen-bond donors (Lipinski definition) is 2. The van der Waals surface area contributed by atoms with Gasteiger partial charge >= 0.3 is 0 Å². The Hall–Kier alpha value is -4.04. The molecule has 5 aromatic rings. The fourth-order valence-electron chi connectivity index (χ4n) is 3.53. The van der Waals surface area contributed by atoms with E-state index in [4.69, 9.17) is 9.05 Å². The van der Waals surface area contributed by atoms with Crippen molar-refractivity contribution in [2.45, 2.75) is 33.7 Å². The smallest absolute Gasteiger partial charge is 0.245 e. The van der Waals surface area contributed by atoms with Crippen LogP contribution in [0.15, 0.2) is 63.6 Å². The lowest BCUT2D eigenvalue weighted by Crippen LogP contribution is -2.23. The Labute approximate surface area is 191 Å². The fourth-order valence-corrected chi connectivity index (χ4v) is 3.53. The van der Waals surface area contributed by atoms with Crippen molar-refractivity contribution in [2.24, 2.45) is 0 Å². The third-order valence-electron chi connectivity index (χ3n) is 5.60. The van der Waals surface area contributed by atoms with Gasteiger partial charge in [-0.15, -0.1) is 0 Å². The van der Waals surface area contributed by atoms with Crippen molar-refractivity contribution >= 4 is 17.1 Å². The summed E-state index contributed by atoms with van der Waals surface area (Å²) in [6, 6.07) is 18.6. The highest BCUT2D eigenvalue weighted by Gasteiger charge is 2.14. The Morgan fingerprint density at radius 2 is 1.61 bits per heavy atom. The Morgan fingerprint density at radius 3 is 2.39 bits per heavy atom. The van der Waals surface area contributed by atoms with E-state index in [0.29, 0.717) is 30.1 Å². The summed E-state index contributed by atoms with van der Waals surface area (Å²) >= 11 is 0. The predicted molar refractivity (Wildman–Crippen MR) is 125 cm³/mol. The molecule has 5 rings (SSSR count). The van der Waals surface area contributed by atoms with E-state index < -0.39 is 0 Å². The number of benzene rings is 2. The molecule has 0 aliphatic heterocycles. The monoisotopic (exact) mass is 440 g/mol. The van der Waals surface area contributed by atoms with E-state index in [1.165, 1.54) is 16.7 Å². The number of rotatable bonds is 7. The molecule has 0 bridgehead atoms. The molecular weight excluding hydrogens is 416 g/mol. The highest BCUT2D eigenvalue weighted by molar-refractivity contribution is 5.67. The molecule has 0 spiro atoms. The van der Waals surface area contributed by atoms with Gasteiger partial charge in [0.1, 0.15) is 11.5 Å². The first kappa shape index (κ1) is 20.8. The zero-order valence-electron chi connectivity index (χ0n) is 18.7. The zero-order valence-corrected chi connectivity index (χ0v) is 18.7. The number of nitrogens with zero attached hydrogens (tertiary/aromatic N) is 4. The van der Waals surface area contributed by atoms with Crippen LogP contribution in [0, 0.1) is 20.8 Å². The van der Waals surface area contributed by atoms with Crippen LogP contribution in [0.5, 0.6) is 0 Å². The number of hydrogen-bond acceptors (Lipinski definition) is 8. The molecular formula is C25H24N6O2. The first-order valence-corrected chi connectivity index (χ1v) is 10.7. The minimum atomic E-state index is 0.349. The van der Waals surface area contributed by atoms with Crippen LogP contribution in [-0.2, 0) is 13.0 Å². The molecule has 2 N–H and O–H groups in total. The van der Waals surface area contributed by atoms with Crippen LogP contribution in [0.25, 0.3) is 22.6 Å². The first-order valence-electron chi connectivity index (χ1n) is 10.7. The Balaban J connectivity index is 1.30. The van der Waals surface area contributed by atoms with E-state index >= 15 is 0 Å². The number of furan rings is 1. The van der Waals surface area contributed by atoms with Gasteiger partial charge in [0.15, 0.2) is 5.82 Å². The maximum absolute atomic E-state index is 6.02. The molecule has 166 valence electrons. The lowest BCUT2D eigenvalue weighted by molar-refractivity contribution is 0.314. The van der Waals surface area contributed by atoms with Crippen LogP contribution in [0.2, 0.25) is 0 Å². The van der Waals surface area contributed by atoms with Crippen molar-refractivity contribution in [3.05, 3.63) is 88.3 Å². The summed E-state index contributed by atoms with van der Waals surface area (Å²) in [5, 5.41) is 7.63. The van der Waals surface area contributed by atoms with Gasteiger partial charge in [0.2, 0.25) is 11.3 Å². The Morgan fingerprint density at radius 1 is 0.818 bits per heavy atom. The summed E-state index contributed by atoms with van der Waals surface area (Å²) in [5.41, 5.74) is 13.7. The van der Waals surface area contributed by atoms with Crippen molar-refractivity contribution in [1.82, 2.24) is 25.7 Å². The number of fused-ring (bicyclic) bond motifs is 1. The Bertz CT molecular complexity index is 1400. The molecule has 0 saturated carbocycles. The van der Waals surface area contributed by atoms with Crippen LogP contribution < -0.4 is 10.9 Å². The zero-order chi connectivity index (χ0) is 22.8. The molecule has 0 radical (unpaired) electrons. The minimum Gasteiger partial charge on any atom is -0.460 e. The highest BCUT2D eigenvalue weighted by Crippen LogP contribution is 2.24. The van der Waals surface area contributed by atoms with Gasteiger partial charge in [-0.2, -0.15) is 0 Å². The lowest BCUT2D eigenvalue weighted by atomic mass is 10.1. The van der Waals surface area contributed by atoms with Gasteiger partial charge in [-0.1, -0.05) is 42.0 Å². The summed E-state index contributed by atoms with van der Waals surface area (Å²) in [4.78, 5) is 9.10. The van der Waals surface area contributed by atoms with Crippen molar-refractivity contribution in [3.8, 4) is 11.3 Å². The second-order valence-electron chi connectivity index (χ2n) is 8.14. The molecule has 0 saturated heterocycles. The maximum Gasteiger partial charge on any atom is 0.245 e. The molecule has 0 amide bonds. The van der Waals surface area contributed by atoms with E-state index in [1.54, 1.807) is 0 Å². The van der Waals surface area contributed by atoms with Gasteiger partial charge in [0.05, 0.1) is 12.2 Å². The summed E-state index contributed by atoms with van der Waals surface area (Å²) in [5.74, 6) is 2.21. The number of hydrazine groups is 1. The number of anilines is 1. The molecule has 3 heterocycles. The second kappa shape index (κ2) is 8.84. The topological polar surface area (TPSA) is 102 Å². The number of aromatic nitrogens is 4. The van der Waals surface area contributed by atoms with Gasteiger partial charge in [0, 0.05) is 12.0 Å². The molecule has 33 heavy (non-hydrogen) atoms. The second-order valence-corrected chi connectivity index (χ2v) is 8.14. The van der Waals surface area contributed by atoms with Gasteiger partial charge in [-0.3, -0.25) is 0 Å². The Kier molecular flexibility index (Phi) is 5.58. The summed E-state index contributed by atoms with van der Waals surface area (Å²) in [6.07, 6.45) is 0.595. The van der Waals surface area contributed by atoms with E-state index in [9.17, 15) is 0 Å². The van der Waals surface area contributed by atoms with Crippen LogP contribution in [0.4, 0.5) is 5.82 Å². The van der Waals surface area contributed by atoms with Crippen LogP contribution in [0.3, 0.4) is 0 Å². The molecule has 0 aliphatic rings. The summed E-state index contributed by atoms with van der Waals surface area (Å²) in [7, 11) is 0. The van der Waals surface area contributed by atoms with Crippen LogP contribution >= 0.6 is 0 Å². The van der Waals surface area contributed by atoms with Gasteiger partial charge in [-0.05, 0) is 66.0 Å². The maximum atomic E-state index is 6.02. The van der Waals surface area contributed by atoms with Crippen molar-refractivity contribution in [1.29, 1.82) is 0 Å². The van der Waals surface area contributed by atoms with Crippen molar-refractivity contribution in [2.75, 3.05) is 5.43 Å². The first-order chi connectivity index (χ1) is 16.0. The van der Waals surface area contributed by atoms with Crippen molar-refractivity contribution < 1.29 is 9.05 Å². The SMILES string of the molecule is Cc1ccc(Cc2nc3nonc3nc2NNCc2ccc(-c3ccc(C)c(C)c3)o2)cc1. The lowest BCUT2D eigenvalue weighted by Gasteiger charge is -2.11. The van der Waals surface area contributed by atoms with E-state index in [0.717, 1.165) is 28.3 Å². The average Bonchev–Trinajstić information content (AvgIpc) is 3.46. The van der Waals surface area contributed by atoms with Crippen LogP contribution in [0.1, 0.15) is 33.7 Å². The third kappa shape index (κ3) is 4.61. The summed E-state index contributed by atoms with van der Waals surface area (Å²) in [6.45, 7) is 6.73. The summed E-state index contributed by atoms with van der Waals surface area (Å²) < 4.78 is 10.8.